The smallest absolute Gasteiger partial charge is 0.773 e. The molecule has 30 valence electrons. The van der Waals surface area contributed by atoms with Crippen molar-refractivity contribution in [2.45, 2.75) is 0 Å². The van der Waals surface area contributed by atoms with Crippen LogP contribution in [0, 0.1) is 0 Å². The minimum atomic E-state index is -1.86. The van der Waals surface area contributed by atoms with Crippen LogP contribution in [-0.2, 0) is 32.1 Å². The van der Waals surface area contributed by atoms with Crippen molar-refractivity contribution < 1.29 is 29.8 Å². The maximum atomic E-state index is 9.00. The summed E-state index contributed by atoms with van der Waals surface area (Å²) < 4.78 is 18.0. The van der Waals surface area contributed by atoms with E-state index in [-0.39, 0.29) is 21.1 Å². The molecule has 0 aliphatic rings. The molecule has 0 N–H and O–H groups in total. The molecule has 0 radical (unpaired) electrons. The van der Waals surface area contributed by atoms with Gasteiger partial charge in [0.05, 0.1) is 0 Å². The number of hydrogen-bond acceptors (Lipinski definition) is 2. The first kappa shape index (κ1) is 9.25. The van der Waals surface area contributed by atoms with E-state index < -0.39 is 11.1 Å². The van der Waals surface area contributed by atoms with Crippen LogP contribution in [0.3, 0.4) is 0 Å². The molecule has 0 aromatic rings. The predicted molar refractivity (Wildman–Crippen MR) is 14.8 cm³/mol. The Kier molecular flexibility index (Phi) is 8.88. The van der Waals surface area contributed by atoms with Gasteiger partial charge in [-0.05, 0) is 6.26 Å². The van der Waals surface area contributed by atoms with Crippen molar-refractivity contribution in [1.82, 2.24) is 0 Å². The fourth-order valence-electron chi connectivity index (χ4n) is 0. The van der Waals surface area contributed by atoms with E-state index in [1.165, 1.54) is 0 Å². The standard InChI is InChI=1S/CH4O2S.W/c1-4(2)3;/h1H3,(H,2,3);/q;+2/p-1. The minimum Gasteiger partial charge on any atom is -0.773 e. The second-order valence-corrected chi connectivity index (χ2v) is 1.20. The van der Waals surface area contributed by atoms with Crippen LogP contribution >= 0.6 is 0 Å². The van der Waals surface area contributed by atoms with Crippen LogP contribution in [0.2, 0.25) is 0 Å². The van der Waals surface area contributed by atoms with Crippen LogP contribution in [0.4, 0.5) is 0 Å². The first-order valence-corrected chi connectivity index (χ1v) is 2.22. The number of rotatable bonds is 0. The summed E-state index contributed by atoms with van der Waals surface area (Å²) in [5.41, 5.74) is 0. The summed E-state index contributed by atoms with van der Waals surface area (Å²) >= 11 is -1.86. The Bertz CT molecular complexity index is 32.6. The molecule has 0 bridgehead atoms. The molecule has 5 heavy (non-hydrogen) atoms. The molecule has 0 saturated carbocycles. The van der Waals surface area contributed by atoms with Crippen LogP contribution in [0.15, 0.2) is 0 Å². The van der Waals surface area contributed by atoms with Crippen LogP contribution in [0.1, 0.15) is 0 Å². The quantitative estimate of drug-likeness (QED) is 0.552. The van der Waals surface area contributed by atoms with Crippen LogP contribution in [0.25, 0.3) is 0 Å². The van der Waals surface area contributed by atoms with Crippen molar-refractivity contribution in [1.29, 1.82) is 0 Å². The van der Waals surface area contributed by atoms with Crippen molar-refractivity contribution in [2.24, 2.45) is 0 Å². The van der Waals surface area contributed by atoms with Crippen molar-refractivity contribution in [3.8, 4) is 0 Å². The van der Waals surface area contributed by atoms with Gasteiger partial charge in [0.15, 0.2) is 0 Å². The largest absolute Gasteiger partial charge is 2.00 e. The van der Waals surface area contributed by atoms with E-state index >= 15 is 0 Å². The van der Waals surface area contributed by atoms with Gasteiger partial charge in [-0.25, -0.2) is 0 Å². The molecule has 0 saturated heterocycles. The van der Waals surface area contributed by atoms with Gasteiger partial charge in [0.2, 0.25) is 0 Å². The van der Waals surface area contributed by atoms with Gasteiger partial charge < -0.3 is 4.55 Å². The summed E-state index contributed by atoms with van der Waals surface area (Å²) in [6, 6.07) is 0. The molecule has 0 aliphatic heterocycles. The zero-order valence-electron chi connectivity index (χ0n) is 2.63. The van der Waals surface area contributed by atoms with Gasteiger partial charge in [0, 0.05) is 0 Å². The fourth-order valence-corrected chi connectivity index (χ4v) is 0. The Labute approximate surface area is 47.5 Å². The van der Waals surface area contributed by atoms with Gasteiger partial charge in [-0.1, -0.05) is 11.1 Å². The first-order valence-electron chi connectivity index (χ1n) is 0.742. The third kappa shape index (κ3) is 59.0. The average molecular weight is 263 g/mol. The molecule has 0 amide bonds. The topological polar surface area (TPSA) is 40.1 Å². The minimum absolute atomic E-state index is 0. The molecule has 0 fully saturated rings. The third-order valence-corrected chi connectivity index (χ3v) is 0. The van der Waals surface area contributed by atoms with Gasteiger partial charge in [0.25, 0.3) is 0 Å². The number of hydrogen-bond donors (Lipinski definition) is 0. The van der Waals surface area contributed by atoms with Crippen LogP contribution < -0.4 is 0 Å². The zero-order valence-corrected chi connectivity index (χ0v) is 6.38. The predicted octanol–water partition coefficient (Wildman–Crippen LogP) is -0.507. The summed E-state index contributed by atoms with van der Waals surface area (Å²) in [5.74, 6) is 0. The Morgan fingerprint density at radius 3 is 1.80 bits per heavy atom. The Hall–Kier alpha value is 0.798. The van der Waals surface area contributed by atoms with Crippen molar-refractivity contribution in [3.05, 3.63) is 0 Å². The van der Waals surface area contributed by atoms with E-state index in [2.05, 4.69) is 0 Å². The van der Waals surface area contributed by atoms with Gasteiger partial charge in [-0.2, -0.15) is 0 Å². The fraction of sp³-hybridized carbons (Fsp3) is 1.00. The summed E-state index contributed by atoms with van der Waals surface area (Å²) in [7, 11) is 0. The molecule has 0 aliphatic carbocycles. The third-order valence-electron chi connectivity index (χ3n) is 0. The van der Waals surface area contributed by atoms with E-state index in [4.69, 9.17) is 8.76 Å². The second kappa shape index (κ2) is 4.80. The van der Waals surface area contributed by atoms with E-state index in [1.54, 1.807) is 0 Å². The van der Waals surface area contributed by atoms with E-state index in [0.29, 0.717) is 0 Å². The van der Waals surface area contributed by atoms with Gasteiger partial charge in [0.1, 0.15) is 0 Å². The van der Waals surface area contributed by atoms with Gasteiger partial charge in [-0.3, -0.25) is 4.21 Å². The molecular weight excluding hydrogens is 260 g/mol. The van der Waals surface area contributed by atoms with E-state index in [1.807, 2.05) is 0 Å². The zero-order chi connectivity index (χ0) is 3.58. The second-order valence-electron chi connectivity index (χ2n) is 0.401. The maximum absolute atomic E-state index is 9.00. The molecule has 0 spiro atoms. The molecule has 0 heterocycles. The van der Waals surface area contributed by atoms with Crippen molar-refractivity contribution in [3.63, 3.8) is 0 Å². The van der Waals surface area contributed by atoms with E-state index in [0.717, 1.165) is 6.26 Å². The van der Waals surface area contributed by atoms with Crippen LogP contribution in [0.5, 0.6) is 0 Å². The molecular formula is CH3O2SW+. The molecule has 2 nitrogen and oxygen atoms in total. The molecule has 1 atom stereocenters. The molecule has 0 aromatic heterocycles. The van der Waals surface area contributed by atoms with Crippen molar-refractivity contribution >= 4 is 11.1 Å². The summed E-state index contributed by atoms with van der Waals surface area (Å²) in [6.07, 6.45) is 1.08. The van der Waals surface area contributed by atoms with Crippen molar-refractivity contribution in [2.75, 3.05) is 6.26 Å². The monoisotopic (exact) mass is 263 g/mol. The summed E-state index contributed by atoms with van der Waals surface area (Å²) in [4.78, 5) is 0. The summed E-state index contributed by atoms with van der Waals surface area (Å²) in [6.45, 7) is 0. The SMILES string of the molecule is CS(=O)[O-].[W+2]. The Morgan fingerprint density at radius 1 is 1.80 bits per heavy atom. The normalized spacial score (nSPS) is 12.4. The average Bonchev–Trinajstić information content (AvgIpc) is 0.811. The molecule has 0 rings (SSSR count). The first-order chi connectivity index (χ1) is 1.73. The maximum Gasteiger partial charge on any atom is 2.00 e. The van der Waals surface area contributed by atoms with Gasteiger partial charge in [-0.15, -0.1) is 0 Å². The Balaban J connectivity index is 0. The van der Waals surface area contributed by atoms with Gasteiger partial charge >= 0.3 is 21.1 Å². The Morgan fingerprint density at radius 2 is 1.80 bits per heavy atom. The molecule has 4 heteroatoms. The van der Waals surface area contributed by atoms with Crippen LogP contribution in [-0.4, -0.2) is 15.0 Å². The van der Waals surface area contributed by atoms with E-state index in [9.17, 15) is 0 Å². The molecule has 1 unspecified atom stereocenters. The molecule has 0 aromatic carbocycles. The summed E-state index contributed by atoms with van der Waals surface area (Å²) in [5, 5.41) is 0.